The van der Waals surface area contributed by atoms with Gasteiger partial charge in [0, 0.05) is 17.3 Å². The standard InChI is InChI=1S/C13H13N3OS/c1-8(12(14)18)13(17)16-10-4-5-11-9(7-10)3-2-6-15-11/h2-8H,1H3,(H2,14,18)(H,16,17). The Labute approximate surface area is 110 Å². The van der Waals surface area contributed by atoms with Crippen molar-refractivity contribution in [3.63, 3.8) is 0 Å². The van der Waals surface area contributed by atoms with Crippen molar-refractivity contribution in [3.8, 4) is 0 Å². The fourth-order valence-corrected chi connectivity index (χ4v) is 1.64. The number of nitrogens with one attached hydrogen (secondary N) is 1. The molecule has 2 rings (SSSR count). The Kier molecular flexibility index (Phi) is 3.53. The molecule has 0 spiro atoms. The molecule has 0 saturated carbocycles. The molecule has 18 heavy (non-hydrogen) atoms. The molecule has 92 valence electrons. The number of carbonyl (C=O) groups is 1. The van der Waals surface area contributed by atoms with Gasteiger partial charge in [-0.05, 0) is 31.2 Å². The SMILES string of the molecule is CC(C(=O)Nc1ccc2ncccc2c1)C(N)=S. The lowest BCUT2D eigenvalue weighted by atomic mass is 10.1. The number of pyridine rings is 1. The Balaban J connectivity index is 2.22. The molecule has 3 N–H and O–H groups in total. The van der Waals surface area contributed by atoms with Crippen LogP contribution in [-0.2, 0) is 4.79 Å². The molecule has 0 radical (unpaired) electrons. The van der Waals surface area contributed by atoms with E-state index in [9.17, 15) is 4.79 Å². The molecular formula is C13H13N3OS. The van der Waals surface area contributed by atoms with Crippen molar-refractivity contribution in [2.75, 3.05) is 5.32 Å². The largest absolute Gasteiger partial charge is 0.393 e. The van der Waals surface area contributed by atoms with Gasteiger partial charge in [0.15, 0.2) is 0 Å². The molecule has 5 heteroatoms. The van der Waals surface area contributed by atoms with E-state index < -0.39 is 5.92 Å². The maximum absolute atomic E-state index is 11.8. The molecule has 1 aromatic carbocycles. The van der Waals surface area contributed by atoms with Gasteiger partial charge < -0.3 is 11.1 Å². The molecule has 0 aliphatic heterocycles. The minimum Gasteiger partial charge on any atom is -0.393 e. The van der Waals surface area contributed by atoms with Crippen molar-refractivity contribution in [3.05, 3.63) is 36.5 Å². The lowest BCUT2D eigenvalue weighted by Gasteiger charge is -2.11. The Morgan fingerprint density at radius 1 is 1.44 bits per heavy atom. The normalized spacial score (nSPS) is 12.1. The first-order valence-electron chi connectivity index (χ1n) is 5.53. The quantitative estimate of drug-likeness (QED) is 0.828. The van der Waals surface area contributed by atoms with Crippen LogP contribution in [0.5, 0.6) is 0 Å². The predicted octanol–water partition coefficient (Wildman–Crippen LogP) is 2.10. The highest BCUT2D eigenvalue weighted by Gasteiger charge is 2.15. The Morgan fingerprint density at radius 2 is 2.22 bits per heavy atom. The molecule has 1 heterocycles. The van der Waals surface area contributed by atoms with E-state index in [2.05, 4.69) is 10.3 Å². The Hall–Kier alpha value is -2.01. The van der Waals surface area contributed by atoms with Crippen LogP contribution in [0.15, 0.2) is 36.5 Å². The summed E-state index contributed by atoms with van der Waals surface area (Å²) in [5.41, 5.74) is 7.04. The van der Waals surface area contributed by atoms with Gasteiger partial charge in [0.05, 0.1) is 16.4 Å². The lowest BCUT2D eigenvalue weighted by molar-refractivity contribution is -0.117. The number of benzene rings is 1. The zero-order valence-corrected chi connectivity index (χ0v) is 10.7. The molecule has 0 aliphatic carbocycles. The molecule has 1 amide bonds. The molecule has 0 bridgehead atoms. The van der Waals surface area contributed by atoms with Crippen LogP contribution in [0.3, 0.4) is 0 Å². The second-order valence-corrected chi connectivity index (χ2v) is 4.50. The summed E-state index contributed by atoms with van der Waals surface area (Å²) < 4.78 is 0. The van der Waals surface area contributed by atoms with Crippen molar-refractivity contribution < 1.29 is 4.79 Å². The maximum Gasteiger partial charge on any atom is 0.234 e. The van der Waals surface area contributed by atoms with Crippen molar-refractivity contribution in [1.82, 2.24) is 4.98 Å². The molecule has 2 aromatic rings. The first-order chi connectivity index (χ1) is 8.58. The van der Waals surface area contributed by atoms with Gasteiger partial charge in [-0.15, -0.1) is 0 Å². The fourth-order valence-electron chi connectivity index (χ4n) is 1.53. The van der Waals surface area contributed by atoms with E-state index in [4.69, 9.17) is 18.0 Å². The smallest absolute Gasteiger partial charge is 0.234 e. The summed E-state index contributed by atoms with van der Waals surface area (Å²) >= 11 is 4.79. The molecule has 1 aromatic heterocycles. The highest BCUT2D eigenvalue weighted by molar-refractivity contribution is 7.80. The first kappa shape index (κ1) is 12.4. The second kappa shape index (κ2) is 5.10. The van der Waals surface area contributed by atoms with Gasteiger partial charge in [-0.2, -0.15) is 0 Å². The van der Waals surface area contributed by atoms with Gasteiger partial charge in [0.2, 0.25) is 5.91 Å². The van der Waals surface area contributed by atoms with E-state index in [0.717, 1.165) is 10.9 Å². The molecule has 0 fully saturated rings. The third-order valence-electron chi connectivity index (χ3n) is 2.69. The summed E-state index contributed by atoms with van der Waals surface area (Å²) in [5, 5.41) is 3.75. The molecule has 1 unspecified atom stereocenters. The van der Waals surface area contributed by atoms with Crippen LogP contribution in [0.4, 0.5) is 5.69 Å². The van der Waals surface area contributed by atoms with E-state index in [1.165, 1.54) is 0 Å². The first-order valence-corrected chi connectivity index (χ1v) is 5.94. The number of fused-ring (bicyclic) bond motifs is 1. The van der Waals surface area contributed by atoms with Gasteiger partial charge in [0.1, 0.15) is 0 Å². The monoisotopic (exact) mass is 259 g/mol. The molecular weight excluding hydrogens is 246 g/mol. The maximum atomic E-state index is 11.8. The van der Waals surface area contributed by atoms with Crippen molar-refractivity contribution >= 4 is 39.7 Å². The minimum atomic E-state index is -0.482. The third-order valence-corrected chi connectivity index (χ3v) is 3.04. The number of nitrogens with two attached hydrogens (primary N) is 1. The lowest BCUT2D eigenvalue weighted by Crippen LogP contribution is -2.30. The summed E-state index contributed by atoms with van der Waals surface area (Å²) in [5.74, 6) is -0.685. The van der Waals surface area contributed by atoms with E-state index in [1.54, 1.807) is 19.2 Å². The fraction of sp³-hybridized carbons (Fsp3) is 0.154. The average Bonchev–Trinajstić information content (AvgIpc) is 2.37. The summed E-state index contributed by atoms with van der Waals surface area (Å²) in [6, 6.07) is 9.32. The van der Waals surface area contributed by atoms with E-state index in [1.807, 2.05) is 24.3 Å². The zero-order chi connectivity index (χ0) is 13.1. The van der Waals surface area contributed by atoms with Gasteiger partial charge in [-0.3, -0.25) is 9.78 Å². The van der Waals surface area contributed by atoms with Crippen LogP contribution in [0, 0.1) is 5.92 Å². The molecule has 0 aliphatic rings. The number of aromatic nitrogens is 1. The third kappa shape index (κ3) is 2.62. The summed E-state index contributed by atoms with van der Waals surface area (Å²) in [6.45, 7) is 1.68. The number of thiocarbonyl (C=S) groups is 1. The zero-order valence-electron chi connectivity index (χ0n) is 9.88. The van der Waals surface area contributed by atoms with E-state index in [-0.39, 0.29) is 10.9 Å². The Morgan fingerprint density at radius 3 is 2.94 bits per heavy atom. The van der Waals surface area contributed by atoms with Gasteiger partial charge in [0.25, 0.3) is 0 Å². The van der Waals surface area contributed by atoms with Crippen LogP contribution in [0.25, 0.3) is 10.9 Å². The molecule has 0 saturated heterocycles. The summed E-state index contributed by atoms with van der Waals surface area (Å²) in [4.78, 5) is 16.2. The summed E-state index contributed by atoms with van der Waals surface area (Å²) in [6.07, 6.45) is 1.73. The minimum absolute atomic E-state index is 0.190. The van der Waals surface area contributed by atoms with Crippen LogP contribution in [0.2, 0.25) is 0 Å². The molecule has 1 atom stereocenters. The number of carbonyl (C=O) groups excluding carboxylic acids is 1. The van der Waals surface area contributed by atoms with Crippen LogP contribution >= 0.6 is 12.2 Å². The van der Waals surface area contributed by atoms with Crippen LogP contribution in [0.1, 0.15) is 6.92 Å². The number of rotatable bonds is 3. The predicted molar refractivity (Wildman–Crippen MR) is 76.3 cm³/mol. The van der Waals surface area contributed by atoms with Gasteiger partial charge >= 0.3 is 0 Å². The highest BCUT2D eigenvalue weighted by atomic mass is 32.1. The summed E-state index contributed by atoms with van der Waals surface area (Å²) in [7, 11) is 0. The van der Waals surface area contributed by atoms with E-state index >= 15 is 0 Å². The molecule has 4 nitrogen and oxygen atoms in total. The van der Waals surface area contributed by atoms with Crippen LogP contribution in [-0.4, -0.2) is 15.9 Å². The average molecular weight is 259 g/mol. The number of hydrogen-bond acceptors (Lipinski definition) is 3. The van der Waals surface area contributed by atoms with E-state index in [0.29, 0.717) is 5.69 Å². The number of anilines is 1. The topological polar surface area (TPSA) is 68.0 Å². The van der Waals surface area contributed by atoms with Crippen molar-refractivity contribution in [2.45, 2.75) is 6.92 Å². The number of nitrogens with zero attached hydrogens (tertiary/aromatic N) is 1. The van der Waals surface area contributed by atoms with Crippen molar-refractivity contribution in [2.24, 2.45) is 11.7 Å². The number of amides is 1. The Bertz CT molecular complexity index is 612. The van der Waals surface area contributed by atoms with Gasteiger partial charge in [-0.1, -0.05) is 18.3 Å². The van der Waals surface area contributed by atoms with Crippen molar-refractivity contribution in [1.29, 1.82) is 0 Å². The van der Waals surface area contributed by atoms with Crippen LogP contribution < -0.4 is 11.1 Å². The highest BCUT2D eigenvalue weighted by Crippen LogP contribution is 2.17. The van der Waals surface area contributed by atoms with Gasteiger partial charge in [-0.25, -0.2) is 0 Å². The number of hydrogen-bond donors (Lipinski definition) is 2. The second-order valence-electron chi connectivity index (χ2n) is 4.02.